The molecule has 0 amide bonds. The summed E-state index contributed by atoms with van der Waals surface area (Å²) in [6, 6.07) is 48.9. The van der Waals surface area contributed by atoms with Crippen LogP contribution in [0.4, 0.5) is 11.6 Å². The van der Waals surface area contributed by atoms with Gasteiger partial charge in [-0.25, -0.2) is 9.97 Å². The summed E-state index contributed by atoms with van der Waals surface area (Å²) in [7, 11) is 0. The van der Waals surface area contributed by atoms with E-state index in [9.17, 15) is 0 Å². The zero-order valence-corrected chi connectivity index (χ0v) is 26.0. The summed E-state index contributed by atoms with van der Waals surface area (Å²) in [6.45, 7) is 0. The van der Waals surface area contributed by atoms with Crippen molar-refractivity contribution in [2.75, 3.05) is 4.90 Å². The Labute approximate surface area is 277 Å². The normalized spacial score (nSPS) is 16.5. The van der Waals surface area contributed by atoms with Crippen LogP contribution in [0.15, 0.2) is 168 Å². The van der Waals surface area contributed by atoms with Gasteiger partial charge in [0.25, 0.3) is 0 Å². The summed E-state index contributed by atoms with van der Waals surface area (Å²) in [6.07, 6.45) is 8.84. The molecule has 4 heteroatoms. The second-order valence-corrected chi connectivity index (χ2v) is 12.5. The number of benzene rings is 6. The average Bonchev–Trinajstić information content (AvgIpc) is 3.71. The molecule has 226 valence electrons. The standard InChI is InChI=1S/C44H29N3O/c1-3-13-28(14-4-1)30-17-11-18-31(27-30)41-35-19-7-9-23-37(35)45-44(46-41)47-38-24-10-8-20-36(38)40-39(47)26-25-34-33-22-12-21-32(42(33)48-43(34)40)29-15-5-2-6-16-29/h1-27,36,38H. The number of hydrogen-bond acceptors (Lipinski definition) is 4. The lowest BCUT2D eigenvalue weighted by Crippen LogP contribution is -2.30. The second kappa shape index (κ2) is 10.6. The minimum absolute atomic E-state index is 0.0158. The van der Waals surface area contributed by atoms with E-state index in [0.717, 1.165) is 66.5 Å². The van der Waals surface area contributed by atoms with Gasteiger partial charge in [0, 0.05) is 38.8 Å². The van der Waals surface area contributed by atoms with Crippen molar-refractivity contribution in [3.05, 3.63) is 169 Å². The molecule has 3 heterocycles. The Bertz CT molecular complexity index is 2580. The fourth-order valence-electron chi connectivity index (χ4n) is 7.63. The highest BCUT2D eigenvalue weighted by Crippen LogP contribution is 2.52. The zero-order valence-electron chi connectivity index (χ0n) is 26.0. The third-order valence-electron chi connectivity index (χ3n) is 9.81. The second-order valence-electron chi connectivity index (χ2n) is 12.5. The molecule has 0 saturated carbocycles. The lowest BCUT2D eigenvalue weighted by Gasteiger charge is -2.27. The highest BCUT2D eigenvalue weighted by molar-refractivity contribution is 6.12. The Morgan fingerprint density at radius 3 is 2.08 bits per heavy atom. The lowest BCUT2D eigenvalue weighted by molar-refractivity contribution is 0.656. The van der Waals surface area contributed by atoms with Crippen molar-refractivity contribution in [1.29, 1.82) is 0 Å². The van der Waals surface area contributed by atoms with Gasteiger partial charge in [0.05, 0.1) is 22.9 Å². The van der Waals surface area contributed by atoms with Crippen LogP contribution < -0.4 is 4.90 Å². The molecule has 0 fully saturated rings. The first-order chi connectivity index (χ1) is 23.8. The maximum Gasteiger partial charge on any atom is 0.231 e. The number of allylic oxidation sites excluding steroid dienone is 2. The Morgan fingerprint density at radius 1 is 0.521 bits per heavy atom. The molecule has 4 nitrogen and oxygen atoms in total. The van der Waals surface area contributed by atoms with Gasteiger partial charge in [0.1, 0.15) is 11.2 Å². The van der Waals surface area contributed by atoms with Crippen molar-refractivity contribution < 1.29 is 4.42 Å². The van der Waals surface area contributed by atoms with Crippen molar-refractivity contribution >= 4 is 44.5 Å². The molecular formula is C44H29N3O. The third-order valence-corrected chi connectivity index (χ3v) is 9.81. The van der Waals surface area contributed by atoms with Crippen LogP contribution in [-0.4, -0.2) is 16.0 Å². The van der Waals surface area contributed by atoms with Gasteiger partial charge in [-0.1, -0.05) is 140 Å². The number of furan rings is 1. The molecule has 1 aliphatic carbocycles. The maximum atomic E-state index is 6.91. The quantitative estimate of drug-likeness (QED) is 0.198. The largest absolute Gasteiger partial charge is 0.455 e. The van der Waals surface area contributed by atoms with Gasteiger partial charge in [0.2, 0.25) is 5.95 Å². The van der Waals surface area contributed by atoms with Gasteiger partial charge in [-0.3, -0.25) is 0 Å². The monoisotopic (exact) mass is 615 g/mol. The number of aromatic nitrogens is 2. The number of anilines is 2. The summed E-state index contributed by atoms with van der Waals surface area (Å²) in [5, 5.41) is 3.28. The summed E-state index contributed by atoms with van der Waals surface area (Å²) < 4.78 is 6.91. The van der Waals surface area contributed by atoms with Gasteiger partial charge in [-0.15, -0.1) is 0 Å². The summed E-state index contributed by atoms with van der Waals surface area (Å²) in [5.41, 5.74) is 11.6. The van der Waals surface area contributed by atoms with Crippen LogP contribution in [0.25, 0.3) is 66.4 Å². The van der Waals surface area contributed by atoms with E-state index in [1.54, 1.807) is 0 Å². The fourth-order valence-corrected chi connectivity index (χ4v) is 7.63. The molecule has 0 spiro atoms. The van der Waals surface area contributed by atoms with E-state index in [0.29, 0.717) is 5.95 Å². The first kappa shape index (κ1) is 26.9. The number of para-hydroxylation sites is 2. The molecule has 0 saturated heterocycles. The molecule has 0 radical (unpaired) electrons. The van der Waals surface area contributed by atoms with E-state index in [-0.39, 0.29) is 12.0 Å². The van der Waals surface area contributed by atoms with Gasteiger partial charge in [0.15, 0.2) is 0 Å². The molecule has 0 N–H and O–H groups in total. The van der Waals surface area contributed by atoms with Crippen molar-refractivity contribution in [1.82, 2.24) is 9.97 Å². The zero-order chi connectivity index (χ0) is 31.6. The topological polar surface area (TPSA) is 42.2 Å². The Kier molecular flexibility index (Phi) is 5.97. The van der Waals surface area contributed by atoms with Crippen LogP contribution >= 0.6 is 0 Å². The fraction of sp³-hybridized carbons (Fsp3) is 0.0455. The number of rotatable bonds is 4. The molecule has 10 rings (SSSR count). The first-order valence-corrected chi connectivity index (χ1v) is 16.4. The lowest BCUT2D eigenvalue weighted by atomic mass is 9.90. The summed E-state index contributed by atoms with van der Waals surface area (Å²) in [5.74, 6) is 0.775. The van der Waals surface area contributed by atoms with E-state index in [1.807, 2.05) is 6.07 Å². The van der Waals surface area contributed by atoms with Crippen molar-refractivity contribution in [2.24, 2.45) is 0 Å². The predicted molar refractivity (Wildman–Crippen MR) is 197 cm³/mol. The highest BCUT2D eigenvalue weighted by Gasteiger charge is 2.41. The Balaban J connectivity index is 1.18. The predicted octanol–water partition coefficient (Wildman–Crippen LogP) is 11.3. The van der Waals surface area contributed by atoms with E-state index in [4.69, 9.17) is 14.4 Å². The van der Waals surface area contributed by atoms with E-state index < -0.39 is 0 Å². The van der Waals surface area contributed by atoms with E-state index in [1.165, 1.54) is 11.1 Å². The van der Waals surface area contributed by atoms with Crippen LogP contribution in [0.2, 0.25) is 0 Å². The molecule has 1 aliphatic heterocycles. The number of nitrogens with zero attached hydrogens (tertiary/aromatic N) is 3. The van der Waals surface area contributed by atoms with E-state index in [2.05, 4.69) is 163 Å². The molecule has 8 aromatic rings. The molecule has 6 aromatic carbocycles. The molecule has 0 bridgehead atoms. The smallest absolute Gasteiger partial charge is 0.231 e. The molecule has 2 unspecified atom stereocenters. The van der Waals surface area contributed by atoms with Crippen LogP contribution in [0, 0.1) is 0 Å². The summed E-state index contributed by atoms with van der Waals surface area (Å²) >= 11 is 0. The van der Waals surface area contributed by atoms with Crippen LogP contribution in [0.3, 0.4) is 0 Å². The van der Waals surface area contributed by atoms with Crippen molar-refractivity contribution in [3.63, 3.8) is 0 Å². The Hall–Kier alpha value is -6.26. The minimum atomic E-state index is 0.0158. The van der Waals surface area contributed by atoms with Crippen molar-refractivity contribution in [3.8, 4) is 33.5 Å². The van der Waals surface area contributed by atoms with Gasteiger partial charge < -0.3 is 9.32 Å². The van der Waals surface area contributed by atoms with Crippen LogP contribution in [-0.2, 0) is 0 Å². The average molecular weight is 616 g/mol. The number of hydrogen-bond donors (Lipinski definition) is 0. The molecule has 48 heavy (non-hydrogen) atoms. The van der Waals surface area contributed by atoms with E-state index >= 15 is 0 Å². The van der Waals surface area contributed by atoms with Gasteiger partial charge in [-0.05, 0) is 41.0 Å². The molecular weight excluding hydrogens is 587 g/mol. The molecule has 2 aromatic heterocycles. The van der Waals surface area contributed by atoms with Gasteiger partial charge in [-0.2, -0.15) is 0 Å². The van der Waals surface area contributed by atoms with Crippen LogP contribution in [0.1, 0.15) is 11.5 Å². The third kappa shape index (κ3) is 4.09. The minimum Gasteiger partial charge on any atom is -0.455 e. The molecule has 2 aliphatic rings. The highest BCUT2D eigenvalue weighted by atomic mass is 16.3. The van der Waals surface area contributed by atoms with Crippen LogP contribution in [0.5, 0.6) is 0 Å². The SMILES string of the molecule is C1=CC2c3c(ccc4c3oc3c(-c5ccccc5)cccc34)N(c3nc(-c4cccc(-c5ccccc5)c4)c4ccccc4n3)C2C=C1. The summed E-state index contributed by atoms with van der Waals surface area (Å²) in [4.78, 5) is 12.9. The Morgan fingerprint density at radius 2 is 1.21 bits per heavy atom. The maximum absolute atomic E-state index is 6.91. The first-order valence-electron chi connectivity index (χ1n) is 16.4. The van der Waals surface area contributed by atoms with Crippen molar-refractivity contribution in [2.45, 2.75) is 12.0 Å². The van der Waals surface area contributed by atoms with Gasteiger partial charge >= 0.3 is 0 Å². The molecule has 2 atom stereocenters. The number of fused-ring (bicyclic) bond motifs is 8.